The van der Waals surface area contributed by atoms with Crippen LogP contribution in [0.4, 0.5) is 11.4 Å². The van der Waals surface area contributed by atoms with Gasteiger partial charge in [0.15, 0.2) is 0 Å². The molecule has 0 atom stereocenters. The first-order chi connectivity index (χ1) is 9.85. The fourth-order valence-electron chi connectivity index (χ4n) is 1.74. The molecular formula is C13H11Br3N2O2S. The van der Waals surface area contributed by atoms with E-state index in [0.717, 1.165) is 4.47 Å². The predicted molar refractivity (Wildman–Crippen MR) is 96.3 cm³/mol. The van der Waals surface area contributed by atoms with Gasteiger partial charge >= 0.3 is 0 Å². The zero-order valence-electron chi connectivity index (χ0n) is 10.8. The van der Waals surface area contributed by atoms with Crippen LogP contribution in [-0.2, 0) is 10.0 Å². The van der Waals surface area contributed by atoms with E-state index in [1.807, 2.05) is 0 Å². The molecule has 0 radical (unpaired) electrons. The van der Waals surface area contributed by atoms with Crippen molar-refractivity contribution in [3.05, 3.63) is 49.8 Å². The number of para-hydroxylation sites is 1. The van der Waals surface area contributed by atoms with Crippen LogP contribution in [0, 0.1) is 0 Å². The first-order valence-electron chi connectivity index (χ1n) is 5.79. The highest BCUT2D eigenvalue weighted by Crippen LogP contribution is 2.36. The molecule has 0 aliphatic heterocycles. The molecule has 0 unspecified atom stereocenters. The molecule has 0 amide bonds. The SMILES string of the molecule is CNc1ccccc1S(=O)(=O)Nc1c(Br)cc(Br)cc1Br. The molecule has 0 saturated heterocycles. The van der Waals surface area contributed by atoms with Crippen molar-refractivity contribution in [1.29, 1.82) is 0 Å². The Kier molecular flexibility index (Phi) is 5.34. The van der Waals surface area contributed by atoms with Crippen LogP contribution in [0.15, 0.2) is 54.7 Å². The van der Waals surface area contributed by atoms with Crippen molar-refractivity contribution in [2.45, 2.75) is 4.90 Å². The second-order valence-corrected chi connectivity index (χ2v) is 8.37. The Morgan fingerprint density at radius 1 is 1.00 bits per heavy atom. The quantitative estimate of drug-likeness (QED) is 0.635. The molecule has 8 heteroatoms. The molecule has 2 rings (SSSR count). The minimum absolute atomic E-state index is 0.189. The van der Waals surface area contributed by atoms with Crippen LogP contribution in [0.2, 0.25) is 0 Å². The predicted octanol–water partition coefficient (Wildman–Crippen LogP) is 4.82. The summed E-state index contributed by atoms with van der Waals surface area (Å²) in [6.45, 7) is 0. The van der Waals surface area contributed by atoms with Gasteiger partial charge < -0.3 is 5.32 Å². The summed E-state index contributed by atoms with van der Waals surface area (Å²) in [6.07, 6.45) is 0. The Bertz CT molecular complexity index is 756. The lowest BCUT2D eigenvalue weighted by molar-refractivity contribution is 0.601. The van der Waals surface area contributed by atoms with Crippen molar-refractivity contribution in [3.63, 3.8) is 0 Å². The molecule has 21 heavy (non-hydrogen) atoms. The number of sulfonamides is 1. The minimum Gasteiger partial charge on any atom is -0.387 e. The van der Waals surface area contributed by atoms with Crippen molar-refractivity contribution in [3.8, 4) is 0 Å². The summed E-state index contributed by atoms with van der Waals surface area (Å²) >= 11 is 10.1. The lowest BCUT2D eigenvalue weighted by Gasteiger charge is -2.14. The van der Waals surface area contributed by atoms with Gasteiger partial charge in [-0.1, -0.05) is 28.1 Å². The summed E-state index contributed by atoms with van der Waals surface area (Å²) in [4.78, 5) is 0.189. The summed E-state index contributed by atoms with van der Waals surface area (Å²) in [5.41, 5.74) is 0.985. The maximum Gasteiger partial charge on any atom is 0.264 e. The Hall–Kier alpha value is -0.570. The van der Waals surface area contributed by atoms with Gasteiger partial charge in [-0.2, -0.15) is 0 Å². The lowest BCUT2D eigenvalue weighted by Crippen LogP contribution is -2.15. The van der Waals surface area contributed by atoms with Gasteiger partial charge in [0.2, 0.25) is 0 Å². The van der Waals surface area contributed by atoms with Crippen LogP contribution in [0.25, 0.3) is 0 Å². The maximum absolute atomic E-state index is 12.6. The van der Waals surface area contributed by atoms with E-state index in [1.165, 1.54) is 0 Å². The van der Waals surface area contributed by atoms with Gasteiger partial charge in [-0.15, -0.1) is 0 Å². The summed E-state index contributed by atoms with van der Waals surface area (Å²) in [7, 11) is -2.02. The van der Waals surface area contributed by atoms with Crippen molar-refractivity contribution in [1.82, 2.24) is 0 Å². The van der Waals surface area contributed by atoms with E-state index < -0.39 is 10.0 Å². The third kappa shape index (κ3) is 3.80. The molecule has 4 nitrogen and oxygen atoms in total. The first-order valence-corrected chi connectivity index (χ1v) is 9.65. The van der Waals surface area contributed by atoms with Gasteiger partial charge in [0.25, 0.3) is 10.0 Å². The van der Waals surface area contributed by atoms with E-state index in [1.54, 1.807) is 43.4 Å². The second kappa shape index (κ2) is 6.68. The molecule has 0 bridgehead atoms. The summed E-state index contributed by atoms with van der Waals surface area (Å²) in [6, 6.07) is 10.3. The monoisotopic (exact) mass is 496 g/mol. The van der Waals surface area contributed by atoms with E-state index in [9.17, 15) is 8.42 Å². The zero-order chi connectivity index (χ0) is 15.6. The van der Waals surface area contributed by atoms with Crippen LogP contribution in [0.1, 0.15) is 0 Å². The molecule has 0 heterocycles. The number of halogens is 3. The van der Waals surface area contributed by atoms with Crippen molar-refractivity contribution >= 4 is 69.2 Å². The Labute approximate surface area is 148 Å². The molecule has 2 N–H and O–H groups in total. The second-order valence-electron chi connectivity index (χ2n) is 4.10. The van der Waals surface area contributed by atoms with Gasteiger partial charge in [0, 0.05) is 20.5 Å². The molecule has 0 spiro atoms. The van der Waals surface area contributed by atoms with Crippen molar-refractivity contribution in [2.24, 2.45) is 0 Å². The fourth-order valence-corrected chi connectivity index (χ4v) is 5.77. The van der Waals surface area contributed by atoms with Crippen LogP contribution in [-0.4, -0.2) is 15.5 Å². The summed E-state index contributed by atoms with van der Waals surface area (Å²) < 4.78 is 29.8. The zero-order valence-corrected chi connectivity index (χ0v) is 16.4. The van der Waals surface area contributed by atoms with Crippen molar-refractivity contribution in [2.75, 3.05) is 17.1 Å². The fraction of sp³-hybridized carbons (Fsp3) is 0.0769. The average molecular weight is 499 g/mol. The molecule has 0 saturated carbocycles. The minimum atomic E-state index is -3.70. The molecule has 0 aromatic heterocycles. The van der Waals surface area contributed by atoms with Gasteiger partial charge in [0.05, 0.1) is 11.4 Å². The highest BCUT2D eigenvalue weighted by molar-refractivity contribution is 9.11. The number of anilines is 2. The molecule has 0 fully saturated rings. The molecule has 112 valence electrons. The molecular weight excluding hydrogens is 488 g/mol. The third-order valence-corrected chi connectivity index (χ3v) is 5.81. The summed E-state index contributed by atoms with van der Waals surface area (Å²) in [5.74, 6) is 0. The highest BCUT2D eigenvalue weighted by atomic mass is 79.9. The maximum atomic E-state index is 12.6. The van der Waals surface area contributed by atoms with Gasteiger partial charge in [-0.3, -0.25) is 4.72 Å². The molecule has 0 aliphatic rings. The number of benzene rings is 2. The first kappa shape index (κ1) is 16.8. The Morgan fingerprint density at radius 2 is 1.57 bits per heavy atom. The molecule has 0 aliphatic carbocycles. The largest absolute Gasteiger partial charge is 0.387 e. The lowest BCUT2D eigenvalue weighted by atomic mass is 10.3. The van der Waals surface area contributed by atoms with Crippen LogP contribution in [0.3, 0.4) is 0 Å². The Balaban J connectivity index is 2.48. The van der Waals surface area contributed by atoms with E-state index in [0.29, 0.717) is 20.3 Å². The van der Waals surface area contributed by atoms with Crippen molar-refractivity contribution < 1.29 is 8.42 Å². The van der Waals surface area contributed by atoms with Crippen LogP contribution in [0.5, 0.6) is 0 Å². The number of hydrogen-bond acceptors (Lipinski definition) is 3. The van der Waals surface area contributed by atoms with Crippen LogP contribution < -0.4 is 10.0 Å². The summed E-state index contributed by atoms with van der Waals surface area (Å²) in [5, 5.41) is 2.88. The number of rotatable bonds is 4. The van der Waals surface area contributed by atoms with Crippen LogP contribution >= 0.6 is 47.8 Å². The van der Waals surface area contributed by atoms with E-state index in [4.69, 9.17) is 0 Å². The highest BCUT2D eigenvalue weighted by Gasteiger charge is 2.20. The standard InChI is InChI=1S/C13H11Br3N2O2S/c1-17-11-4-2-3-5-12(11)21(19,20)18-13-9(15)6-8(14)7-10(13)16/h2-7,17-18H,1H3. The molecule has 2 aromatic rings. The topological polar surface area (TPSA) is 58.2 Å². The van der Waals surface area contributed by atoms with E-state index >= 15 is 0 Å². The Morgan fingerprint density at radius 3 is 2.14 bits per heavy atom. The van der Waals surface area contributed by atoms with Gasteiger partial charge in [0.1, 0.15) is 4.90 Å². The van der Waals surface area contributed by atoms with Gasteiger partial charge in [-0.05, 0) is 56.1 Å². The van der Waals surface area contributed by atoms with E-state index in [-0.39, 0.29) is 4.90 Å². The number of hydrogen-bond donors (Lipinski definition) is 2. The van der Waals surface area contributed by atoms with E-state index in [2.05, 4.69) is 57.8 Å². The normalized spacial score (nSPS) is 11.2. The third-order valence-electron chi connectivity index (χ3n) is 2.69. The average Bonchev–Trinajstić information content (AvgIpc) is 2.43. The smallest absolute Gasteiger partial charge is 0.264 e. The number of nitrogens with one attached hydrogen (secondary N) is 2. The van der Waals surface area contributed by atoms with Gasteiger partial charge in [-0.25, -0.2) is 8.42 Å². The molecule has 2 aromatic carbocycles.